The van der Waals surface area contributed by atoms with E-state index in [-0.39, 0.29) is 0 Å². The average Bonchev–Trinajstić information content (AvgIpc) is 2.78. The lowest BCUT2D eigenvalue weighted by Crippen LogP contribution is -2.07. The summed E-state index contributed by atoms with van der Waals surface area (Å²) >= 11 is 0. The SMILES string of the molecule is Cc1cccnc1-c1nnnn1CCCCN. The Bertz CT molecular complexity index is 478. The Labute approximate surface area is 99.9 Å². The molecule has 2 aromatic heterocycles. The van der Waals surface area contributed by atoms with Gasteiger partial charge in [-0.05, 0) is 48.4 Å². The van der Waals surface area contributed by atoms with Crippen LogP contribution in [0.25, 0.3) is 11.5 Å². The summed E-state index contributed by atoms with van der Waals surface area (Å²) in [6.45, 7) is 3.47. The van der Waals surface area contributed by atoms with Gasteiger partial charge in [0.2, 0.25) is 5.82 Å². The molecule has 0 atom stereocenters. The highest BCUT2D eigenvalue weighted by molar-refractivity contribution is 5.53. The monoisotopic (exact) mass is 232 g/mol. The summed E-state index contributed by atoms with van der Waals surface area (Å²) in [5.41, 5.74) is 7.38. The van der Waals surface area contributed by atoms with E-state index in [1.54, 1.807) is 10.9 Å². The molecule has 6 heteroatoms. The molecule has 0 fully saturated rings. The maximum absolute atomic E-state index is 5.47. The second-order valence-electron chi connectivity index (χ2n) is 3.89. The van der Waals surface area contributed by atoms with Gasteiger partial charge in [0.25, 0.3) is 0 Å². The zero-order valence-corrected chi connectivity index (χ0v) is 9.87. The Hall–Kier alpha value is -1.82. The van der Waals surface area contributed by atoms with Crippen molar-refractivity contribution in [2.75, 3.05) is 6.54 Å². The third kappa shape index (κ3) is 2.65. The molecule has 0 aliphatic rings. The van der Waals surface area contributed by atoms with Crippen LogP contribution in [0.3, 0.4) is 0 Å². The van der Waals surface area contributed by atoms with E-state index >= 15 is 0 Å². The number of nitrogens with zero attached hydrogens (tertiary/aromatic N) is 5. The molecule has 6 nitrogen and oxygen atoms in total. The molecule has 0 aliphatic carbocycles. The predicted molar refractivity (Wildman–Crippen MR) is 64.1 cm³/mol. The summed E-state index contributed by atoms with van der Waals surface area (Å²) in [5, 5.41) is 11.7. The lowest BCUT2D eigenvalue weighted by molar-refractivity contribution is 0.548. The van der Waals surface area contributed by atoms with E-state index in [4.69, 9.17) is 5.73 Å². The van der Waals surface area contributed by atoms with Crippen LogP contribution in [0.2, 0.25) is 0 Å². The van der Waals surface area contributed by atoms with Crippen LogP contribution in [0, 0.1) is 6.92 Å². The quantitative estimate of drug-likeness (QED) is 0.770. The third-order valence-electron chi connectivity index (χ3n) is 2.58. The Morgan fingerprint density at radius 3 is 3.00 bits per heavy atom. The molecular formula is C11H16N6. The van der Waals surface area contributed by atoms with E-state index in [9.17, 15) is 0 Å². The lowest BCUT2D eigenvalue weighted by atomic mass is 10.2. The first-order valence-electron chi connectivity index (χ1n) is 5.71. The van der Waals surface area contributed by atoms with Crippen LogP contribution in [-0.2, 0) is 6.54 Å². The Balaban J connectivity index is 2.22. The topological polar surface area (TPSA) is 82.5 Å². The van der Waals surface area contributed by atoms with Crippen molar-refractivity contribution < 1.29 is 0 Å². The molecule has 0 saturated heterocycles. The molecule has 17 heavy (non-hydrogen) atoms. The molecule has 0 spiro atoms. The fourth-order valence-corrected chi connectivity index (χ4v) is 1.65. The molecule has 0 bridgehead atoms. The molecule has 0 aromatic carbocycles. The van der Waals surface area contributed by atoms with E-state index < -0.39 is 0 Å². The van der Waals surface area contributed by atoms with Gasteiger partial charge in [-0.3, -0.25) is 4.98 Å². The molecule has 2 heterocycles. The number of nitrogens with two attached hydrogens (primary N) is 1. The first-order chi connectivity index (χ1) is 8.33. The highest BCUT2D eigenvalue weighted by Gasteiger charge is 2.11. The van der Waals surface area contributed by atoms with Crippen molar-refractivity contribution in [3.8, 4) is 11.5 Å². The van der Waals surface area contributed by atoms with Crippen molar-refractivity contribution in [1.29, 1.82) is 0 Å². The number of aromatic nitrogens is 5. The molecule has 2 N–H and O–H groups in total. The summed E-state index contributed by atoms with van der Waals surface area (Å²) in [6, 6.07) is 3.91. The zero-order valence-electron chi connectivity index (χ0n) is 9.87. The van der Waals surface area contributed by atoms with Gasteiger partial charge in [-0.25, -0.2) is 4.68 Å². The van der Waals surface area contributed by atoms with Gasteiger partial charge in [0, 0.05) is 12.7 Å². The third-order valence-corrected chi connectivity index (χ3v) is 2.58. The number of pyridine rings is 1. The van der Waals surface area contributed by atoms with E-state index in [1.807, 2.05) is 19.1 Å². The second kappa shape index (κ2) is 5.49. The first kappa shape index (κ1) is 11.7. The summed E-state index contributed by atoms with van der Waals surface area (Å²) < 4.78 is 1.78. The molecule has 2 rings (SSSR count). The minimum Gasteiger partial charge on any atom is -0.330 e. The van der Waals surface area contributed by atoms with Crippen LogP contribution in [0.1, 0.15) is 18.4 Å². The summed E-state index contributed by atoms with van der Waals surface area (Å²) in [7, 11) is 0. The van der Waals surface area contributed by atoms with Crippen LogP contribution in [0.15, 0.2) is 18.3 Å². The van der Waals surface area contributed by atoms with Crippen LogP contribution < -0.4 is 5.73 Å². The number of unbranched alkanes of at least 4 members (excludes halogenated alkanes) is 1. The lowest BCUT2D eigenvalue weighted by Gasteiger charge is -2.05. The first-order valence-corrected chi connectivity index (χ1v) is 5.71. The van der Waals surface area contributed by atoms with Gasteiger partial charge < -0.3 is 5.73 Å². The Kier molecular flexibility index (Phi) is 3.77. The van der Waals surface area contributed by atoms with Gasteiger partial charge in [-0.15, -0.1) is 5.10 Å². The number of tetrazole rings is 1. The number of rotatable bonds is 5. The van der Waals surface area contributed by atoms with Crippen molar-refractivity contribution in [2.45, 2.75) is 26.3 Å². The standard InChI is InChI=1S/C11H16N6/c1-9-5-4-7-13-10(9)11-14-15-16-17(11)8-3-2-6-12/h4-5,7H,2-3,6,8,12H2,1H3. The fourth-order valence-electron chi connectivity index (χ4n) is 1.65. The molecule has 0 aliphatic heterocycles. The van der Waals surface area contributed by atoms with E-state index in [1.165, 1.54) is 0 Å². The zero-order chi connectivity index (χ0) is 12.1. The van der Waals surface area contributed by atoms with Gasteiger partial charge in [0.05, 0.1) is 0 Å². The van der Waals surface area contributed by atoms with Gasteiger partial charge in [-0.2, -0.15) is 0 Å². The van der Waals surface area contributed by atoms with E-state index in [0.717, 1.165) is 36.5 Å². The normalized spacial score (nSPS) is 10.7. The van der Waals surface area contributed by atoms with Gasteiger partial charge >= 0.3 is 0 Å². The van der Waals surface area contributed by atoms with Gasteiger partial charge in [0.1, 0.15) is 5.69 Å². The molecular weight excluding hydrogens is 216 g/mol. The minimum absolute atomic E-state index is 0.695. The maximum Gasteiger partial charge on any atom is 0.200 e. The Morgan fingerprint density at radius 2 is 2.24 bits per heavy atom. The highest BCUT2D eigenvalue weighted by Crippen LogP contribution is 2.17. The van der Waals surface area contributed by atoms with Crippen molar-refractivity contribution in [3.05, 3.63) is 23.9 Å². The van der Waals surface area contributed by atoms with Crippen LogP contribution in [-0.4, -0.2) is 31.7 Å². The van der Waals surface area contributed by atoms with Crippen molar-refractivity contribution in [3.63, 3.8) is 0 Å². The minimum atomic E-state index is 0.695. The van der Waals surface area contributed by atoms with E-state index in [2.05, 4.69) is 20.5 Å². The summed E-state index contributed by atoms with van der Waals surface area (Å²) in [4.78, 5) is 4.32. The second-order valence-corrected chi connectivity index (χ2v) is 3.89. The fraction of sp³-hybridized carbons (Fsp3) is 0.455. The van der Waals surface area contributed by atoms with Crippen molar-refractivity contribution in [1.82, 2.24) is 25.2 Å². The van der Waals surface area contributed by atoms with Crippen molar-refractivity contribution in [2.24, 2.45) is 5.73 Å². The van der Waals surface area contributed by atoms with Crippen molar-refractivity contribution >= 4 is 0 Å². The molecule has 0 saturated carbocycles. The smallest absolute Gasteiger partial charge is 0.200 e. The molecule has 0 amide bonds. The summed E-state index contributed by atoms with van der Waals surface area (Å²) in [6.07, 6.45) is 3.70. The molecule has 0 unspecified atom stereocenters. The predicted octanol–water partition coefficient (Wildman–Crippen LogP) is 0.782. The summed E-state index contributed by atoms with van der Waals surface area (Å²) in [5.74, 6) is 0.722. The molecule has 0 radical (unpaired) electrons. The maximum atomic E-state index is 5.47. The number of hydrogen-bond donors (Lipinski definition) is 1. The van der Waals surface area contributed by atoms with Gasteiger partial charge in [0.15, 0.2) is 0 Å². The Morgan fingerprint density at radius 1 is 1.35 bits per heavy atom. The van der Waals surface area contributed by atoms with Gasteiger partial charge in [-0.1, -0.05) is 6.07 Å². The highest BCUT2D eigenvalue weighted by atomic mass is 15.5. The van der Waals surface area contributed by atoms with Crippen LogP contribution in [0.4, 0.5) is 0 Å². The van der Waals surface area contributed by atoms with E-state index in [0.29, 0.717) is 6.54 Å². The van der Waals surface area contributed by atoms with Crippen LogP contribution in [0.5, 0.6) is 0 Å². The van der Waals surface area contributed by atoms with Crippen LogP contribution >= 0.6 is 0 Å². The largest absolute Gasteiger partial charge is 0.330 e. The number of aryl methyl sites for hydroxylation is 2. The molecule has 2 aromatic rings. The molecule has 90 valence electrons. The number of hydrogen-bond acceptors (Lipinski definition) is 5. The average molecular weight is 232 g/mol.